The molecule has 0 aromatic rings. The van der Waals surface area contributed by atoms with E-state index in [4.69, 9.17) is 0 Å². The van der Waals surface area contributed by atoms with Crippen molar-refractivity contribution in [3.05, 3.63) is 0 Å². The van der Waals surface area contributed by atoms with Crippen LogP contribution in [0.15, 0.2) is 0 Å². The van der Waals surface area contributed by atoms with Crippen molar-refractivity contribution < 1.29 is 119 Å². The molecule has 0 spiro atoms. The minimum atomic E-state index is -0.294. The van der Waals surface area contributed by atoms with Gasteiger partial charge >= 0.3 is 0 Å². The van der Waals surface area contributed by atoms with Crippen LogP contribution in [0.1, 0.15) is 6.92 Å². The van der Waals surface area contributed by atoms with Gasteiger partial charge in [0.25, 0.3) is 0 Å². The Labute approximate surface area is 182 Å². The predicted octanol–water partition coefficient (Wildman–Crippen LogP) is 2.58. The average molecular weight is 645 g/mol. The molecule has 14 heavy (non-hydrogen) atoms. The summed E-state index contributed by atoms with van der Waals surface area (Å²) in [5.74, 6) is 2.60. The van der Waals surface area contributed by atoms with Crippen LogP contribution in [0.3, 0.4) is 0 Å². The zero-order chi connectivity index (χ0) is 7.98. The molecule has 0 aliphatic heterocycles. The van der Waals surface area contributed by atoms with Crippen LogP contribution in [0.5, 0.6) is 0 Å². The molecule has 0 amide bonds. The van der Waals surface area contributed by atoms with Gasteiger partial charge in [-0.2, -0.15) is 0 Å². The molecular weight excluding hydrogens is 628 g/mol. The van der Waals surface area contributed by atoms with Crippen molar-refractivity contribution in [2.75, 3.05) is 18.0 Å². The van der Waals surface area contributed by atoms with Gasteiger partial charge in [-0.25, -0.2) is 0 Å². The van der Waals surface area contributed by atoms with Crippen LogP contribution in [0.25, 0.3) is 0 Å². The topological polar surface area (TPSA) is 0 Å². The van der Waals surface area contributed by atoms with Gasteiger partial charge in [0.15, 0.2) is 0 Å². The van der Waals surface area contributed by atoms with E-state index in [9.17, 15) is 0 Å². The summed E-state index contributed by atoms with van der Waals surface area (Å²) < 4.78 is 0. The van der Waals surface area contributed by atoms with E-state index < -0.39 is 0 Å². The van der Waals surface area contributed by atoms with Crippen molar-refractivity contribution in [1.82, 2.24) is 0 Å². The molecule has 75 valence electrons. The molecule has 0 heterocycles. The first kappa shape index (κ1) is 31.3. The summed E-state index contributed by atoms with van der Waals surface area (Å²) in [5, 5.41) is 0. The normalized spacial score (nSPS) is 12.1. The Morgan fingerprint density at radius 2 is 1.50 bits per heavy atom. The van der Waals surface area contributed by atoms with Crippen molar-refractivity contribution in [3.63, 3.8) is 0 Å². The molecule has 0 aromatic heterocycles. The van der Waals surface area contributed by atoms with Crippen molar-refractivity contribution >= 4 is 42.2 Å². The fraction of sp³-hybridized carbons (Fsp3) is 0.571. The molecule has 2 atom stereocenters. The van der Waals surface area contributed by atoms with E-state index in [1.165, 1.54) is 26.2 Å². The molecule has 0 aliphatic carbocycles. The van der Waals surface area contributed by atoms with Crippen molar-refractivity contribution in [2.45, 2.75) is 6.92 Å². The van der Waals surface area contributed by atoms with Crippen LogP contribution in [0.4, 0.5) is 0 Å². The molecule has 0 saturated carbocycles. The summed E-state index contributed by atoms with van der Waals surface area (Å²) in [6.07, 6.45) is 13.4. The fourth-order valence-electron chi connectivity index (χ4n) is 0.693. The second kappa shape index (κ2) is 22.9. The third-order valence-corrected chi connectivity index (χ3v) is 9.02. The van der Waals surface area contributed by atoms with E-state index in [0.29, 0.717) is 0 Å². The number of rotatable bonds is 5. The van der Waals surface area contributed by atoms with Crippen LogP contribution in [-0.2, 0) is 119 Å². The molecule has 3 radical (unpaired) electrons. The molecule has 0 nitrogen and oxygen atoms in total. The van der Waals surface area contributed by atoms with E-state index >= 15 is 0 Å². The standard InChI is InChI=1S/C7H17P3.W.3Y/c1-5-9(3)7-10(4)6-8-2;;;;/h9-10H,2-7H2,1H3;;;;. The summed E-state index contributed by atoms with van der Waals surface area (Å²) in [4.78, 5) is 0. The summed E-state index contributed by atoms with van der Waals surface area (Å²) in [5.41, 5.74) is 0. The Bertz CT molecular complexity index is 164. The molecule has 0 fully saturated rings. The van der Waals surface area contributed by atoms with E-state index in [1.54, 1.807) is 0 Å². The maximum absolute atomic E-state index is 4.16. The quantitative estimate of drug-likeness (QED) is 0.404. The van der Waals surface area contributed by atoms with Gasteiger partial charge in [0, 0.05) is 125 Å². The van der Waals surface area contributed by atoms with Gasteiger partial charge in [-0.05, 0) is 12.1 Å². The van der Waals surface area contributed by atoms with Gasteiger partial charge in [0.2, 0.25) is 0 Å². The van der Waals surface area contributed by atoms with Crippen LogP contribution in [0, 0.1) is 0 Å². The Morgan fingerprint density at radius 1 is 1.07 bits per heavy atom. The van der Waals surface area contributed by atoms with Gasteiger partial charge in [-0.15, -0.1) is 35.9 Å². The first-order valence-corrected chi connectivity index (χ1v) is 8.97. The molecule has 0 rings (SSSR count). The Kier molecular flexibility index (Phi) is 51.1. The minimum Gasteiger partial charge on any atom is -0.121 e. The van der Waals surface area contributed by atoms with Gasteiger partial charge in [0.05, 0.1) is 0 Å². The second-order valence-electron chi connectivity index (χ2n) is 2.41. The smallest absolute Gasteiger partial charge is 0.00627 e. The van der Waals surface area contributed by atoms with E-state index in [1.807, 2.05) is 0 Å². The zero-order valence-corrected chi connectivity index (χ0v) is 23.2. The molecule has 0 N–H and O–H groups in total. The van der Waals surface area contributed by atoms with Gasteiger partial charge in [0.1, 0.15) is 0 Å². The SMILES string of the molecule is C=PC[PH](=C)C[PH](=C)CC.[W].[Y].[Y].[Y]. The van der Waals surface area contributed by atoms with Gasteiger partial charge < -0.3 is 0 Å². The Hall–Kier alpha value is 4.77. The molecule has 0 aromatic carbocycles. The van der Waals surface area contributed by atoms with Crippen LogP contribution < -0.4 is 0 Å². The largest absolute Gasteiger partial charge is 0.121 e. The van der Waals surface area contributed by atoms with Gasteiger partial charge in [-0.1, -0.05) is 13.2 Å². The molecule has 0 bridgehead atoms. The summed E-state index contributed by atoms with van der Waals surface area (Å²) in [7, 11) is 0.729. The molecule has 0 aliphatic rings. The minimum absolute atomic E-state index is 0. The molecule has 7 heteroatoms. The monoisotopic (exact) mass is 645 g/mol. The average Bonchev–Trinajstić information content (AvgIpc) is 1.88. The first-order valence-electron chi connectivity index (χ1n) is 3.46. The number of hydrogen-bond acceptors (Lipinski definition) is 0. The van der Waals surface area contributed by atoms with Gasteiger partial charge in [-0.3, -0.25) is 0 Å². The van der Waals surface area contributed by atoms with E-state index in [0.717, 1.165) is 0 Å². The van der Waals surface area contributed by atoms with Crippen molar-refractivity contribution in [2.24, 2.45) is 0 Å². The Balaban J connectivity index is -0.0000000675. The maximum Gasteiger partial charge on any atom is 0.00627 e. The van der Waals surface area contributed by atoms with Crippen LogP contribution in [-0.4, -0.2) is 36.9 Å². The third-order valence-electron chi connectivity index (χ3n) is 1.34. The third kappa shape index (κ3) is 22.0. The Morgan fingerprint density at radius 3 is 1.79 bits per heavy atom. The maximum atomic E-state index is 4.16. The molecule has 2 unspecified atom stereocenters. The molecular formula is C7H17P3WY3. The van der Waals surface area contributed by atoms with Crippen molar-refractivity contribution in [1.29, 1.82) is 0 Å². The van der Waals surface area contributed by atoms with E-state index in [2.05, 4.69) is 25.8 Å². The zero-order valence-electron chi connectivity index (χ0n) is 8.83. The fourth-order valence-corrected chi connectivity index (χ4v) is 7.24. The second-order valence-corrected chi connectivity index (χ2v) is 9.25. The van der Waals surface area contributed by atoms with Crippen molar-refractivity contribution in [3.8, 4) is 0 Å². The summed E-state index contributed by atoms with van der Waals surface area (Å²) >= 11 is 0. The summed E-state index contributed by atoms with van der Waals surface area (Å²) in [6, 6.07) is 0. The van der Waals surface area contributed by atoms with Crippen LogP contribution >= 0.6 is 23.3 Å². The molecule has 0 saturated heterocycles. The van der Waals surface area contributed by atoms with Crippen LogP contribution in [0.2, 0.25) is 0 Å². The number of hydrogen-bond donors (Lipinski definition) is 0. The predicted molar refractivity (Wildman–Crippen MR) is 65.2 cm³/mol. The first-order chi connectivity index (χ1) is 4.70. The summed E-state index contributed by atoms with van der Waals surface area (Å²) in [6.45, 7) is 2.23. The van der Waals surface area contributed by atoms with E-state index in [-0.39, 0.29) is 134 Å².